The van der Waals surface area contributed by atoms with Gasteiger partial charge in [0.25, 0.3) is 5.91 Å². The second-order valence-corrected chi connectivity index (χ2v) is 4.11. The molecule has 0 fully saturated rings. The van der Waals surface area contributed by atoms with Gasteiger partial charge in [-0.1, -0.05) is 11.6 Å². The summed E-state index contributed by atoms with van der Waals surface area (Å²) >= 11 is 5.88. The topological polar surface area (TPSA) is 60.8 Å². The molecule has 0 aliphatic carbocycles. The van der Waals surface area contributed by atoms with Crippen LogP contribution in [0, 0.1) is 6.92 Å². The molecule has 94 valence electrons. The number of rotatable bonds is 5. The number of amides is 1. The third-order valence-electron chi connectivity index (χ3n) is 2.43. The summed E-state index contributed by atoms with van der Waals surface area (Å²) in [6.45, 7) is 1.99. The van der Waals surface area contributed by atoms with Gasteiger partial charge in [-0.2, -0.15) is 0 Å². The van der Waals surface area contributed by atoms with E-state index in [-0.39, 0.29) is 32.2 Å². The zero-order valence-electron chi connectivity index (χ0n) is 9.69. The van der Waals surface area contributed by atoms with Crippen molar-refractivity contribution < 1.29 is 15.0 Å². The molecule has 4 nitrogen and oxygen atoms in total. The predicted octanol–water partition coefficient (Wildman–Crippen LogP) is 1.08. The van der Waals surface area contributed by atoms with Crippen LogP contribution in [0.25, 0.3) is 0 Å². The van der Waals surface area contributed by atoms with Crippen molar-refractivity contribution in [1.29, 1.82) is 0 Å². The molecule has 0 aromatic heterocycles. The molecule has 17 heavy (non-hydrogen) atoms. The van der Waals surface area contributed by atoms with Crippen LogP contribution in [-0.2, 0) is 0 Å². The van der Waals surface area contributed by atoms with Gasteiger partial charge in [0.15, 0.2) is 0 Å². The number of aliphatic hydroxyl groups excluding tert-OH is 2. The van der Waals surface area contributed by atoms with Crippen molar-refractivity contribution in [3.8, 4) is 0 Å². The molecule has 0 bridgehead atoms. The third kappa shape index (κ3) is 3.70. The highest BCUT2D eigenvalue weighted by atomic mass is 35.5. The molecule has 1 aromatic carbocycles. The molecule has 0 aliphatic heterocycles. The van der Waals surface area contributed by atoms with Crippen LogP contribution in [-0.4, -0.2) is 47.3 Å². The number of halogens is 1. The van der Waals surface area contributed by atoms with Gasteiger partial charge < -0.3 is 15.1 Å². The second kappa shape index (κ2) is 6.59. The smallest absolute Gasteiger partial charge is 0.254 e. The number of benzene rings is 1. The van der Waals surface area contributed by atoms with Crippen molar-refractivity contribution >= 4 is 17.5 Å². The summed E-state index contributed by atoms with van der Waals surface area (Å²) in [5.41, 5.74) is 1.33. The van der Waals surface area contributed by atoms with Crippen molar-refractivity contribution in [2.75, 3.05) is 26.3 Å². The lowest BCUT2D eigenvalue weighted by Crippen LogP contribution is -2.35. The van der Waals surface area contributed by atoms with E-state index >= 15 is 0 Å². The summed E-state index contributed by atoms with van der Waals surface area (Å²) in [7, 11) is 0. The molecular weight excluding hydrogens is 242 g/mol. The highest BCUT2D eigenvalue weighted by Gasteiger charge is 2.15. The first-order valence-corrected chi connectivity index (χ1v) is 5.75. The van der Waals surface area contributed by atoms with Crippen molar-refractivity contribution in [3.63, 3.8) is 0 Å². The summed E-state index contributed by atoms with van der Waals surface area (Å²) < 4.78 is 0. The maximum atomic E-state index is 12.0. The predicted molar refractivity (Wildman–Crippen MR) is 66.3 cm³/mol. The normalized spacial score (nSPS) is 10.4. The van der Waals surface area contributed by atoms with Crippen LogP contribution in [0.5, 0.6) is 0 Å². The summed E-state index contributed by atoms with van der Waals surface area (Å²) in [6, 6.07) is 5.01. The molecule has 1 amide bonds. The van der Waals surface area contributed by atoms with Gasteiger partial charge in [-0.25, -0.2) is 0 Å². The molecule has 0 atom stereocenters. The first-order chi connectivity index (χ1) is 8.10. The minimum Gasteiger partial charge on any atom is -0.395 e. The first-order valence-electron chi connectivity index (χ1n) is 5.37. The molecule has 0 unspecified atom stereocenters. The molecule has 5 heteroatoms. The maximum absolute atomic E-state index is 12.0. The van der Waals surface area contributed by atoms with Gasteiger partial charge in [0.05, 0.1) is 13.2 Å². The van der Waals surface area contributed by atoms with Crippen LogP contribution in [0.3, 0.4) is 0 Å². The van der Waals surface area contributed by atoms with E-state index in [1.54, 1.807) is 18.2 Å². The molecule has 0 saturated heterocycles. The lowest BCUT2D eigenvalue weighted by atomic mass is 10.1. The SMILES string of the molecule is Cc1cc(C(=O)N(CCO)CCO)ccc1Cl. The monoisotopic (exact) mass is 257 g/mol. The van der Waals surface area contributed by atoms with Crippen molar-refractivity contribution in [1.82, 2.24) is 4.90 Å². The van der Waals surface area contributed by atoms with Gasteiger partial charge in [-0.3, -0.25) is 4.79 Å². The number of carbonyl (C=O) groups excluding carboxylic acids is 1. The summed E-state index contributed by atoms with van der Waals surface area (Å²) in [5.74, 6) is -0.215. The van der Waals surface area contributed by atoms with Crippen LogP contribution >= 0.6 is 11.6 Å². The van der Waals surface area contributed by atoms with Crippen LogP contribution < -0.4 is 0 Å². The van der Waals surface area contributed by atoms with Gasteiger partial charge in [-0.05, 0) is 30.7 Å². The van der Waals surface area contributed by atoms with Crippen molar-refractivity contribution in [2.24, 2.45) is 0 Å². The minimum atomic E-state index is -0.215. The Morgan fingerprint density at radius 1 is 1.29 bits per heavy atom. The van der Waals surface area contributed by atoms with E-state index in [1.165, 1.54) is 4.90 Å². The van der Waals surface area contributed by atoms with E-state index in [1.807, 2.05) is 6.92 Å². The number of hydrogen-bond donors (Lipinski definition) is 2. The van der Waals surface area contributed by atoms with Crippen LogP contribution in [0.4, 0.5) is 0 Å². The Labute approximate surface area is 105 Å². The van der Waals surface area contributed by atoms with E-state index in [4.69, 9.17) is 21.8 Å². The Kier molecular flexibility index (Phi) is 5.41. The average Bonchev–Trinajstić information content (AvgIpc) is 2.31. The fourth-order valence-electron chi connectivity index (χ4n) is 1.52. The van der Waals surface area contributed by atoms with E-state index in [9.17, 15) is 4.79 Å². The van der Waals surface area contributed by atoms with Gasteiger partial charge >= 0.3 is 0 Å². The van der Waals surface area contributed by atoms with E-state index in [2.05, 4.69) is 0 Å². The molecular formula is C12H16ClNO3. The highest BCUT2D eigenvalue weighted by molar-refractivity contribution is 6.31. The largest absolute Gasteiger partial charge is 0.395 e. The van der Waals surface area contributed by atoms with Gasteiger partial charge in [0, 0.05) is 23.7 Å². The van der Waals surface area contributed by atoms with Crippen molar-refractivity contribution in [2.45, 2.75) is 6.92 Å². The third-order valence-corrected chi connectivity index (χ3v) is 2.86. The Morgan fingerprint density at radius 3 is 2.35 bits per heavy atom. The number of aliphatic hydroxyl groups is 2. The average molecular weight is 258 g/mol. The quantitative estimate of drug-likeness (QED) is 0.830. The Hall–Kier alpha value is -1.10. The standard InChI is InChI=1S/C12H16ClNO3/c1-9-8-10(2-3-11(9)13)12(17)14(4-6-15)5-7-16/h2-3,8,15-16H,4-7H2,1H3. The molecule has 1 rings (SSSR count). The van der Waals surface area contributed by atoms with Gasteiger partial charge in [0.2, 0.25) is 0 Å². The molecule has 1 aromatic rings. The van der Waals surface area contributed by atoms with Crippen LogP contribution in [0.1, 0.15) is 15.9 Å². The lowest BCUT2D eigenvalue weighted by molar-refractivity contribution is 0.0685. The summed E-state index contributed by atoms with van der Waals surface area (Å²) in [4.78, 5) is 13.5. The van der Waals surface area contributed by atoms with E-state index in [0.29, 0.717) is 10.6 Å². The summed E-state index contributed by atoms with van der Waals surface area (Å²) in [6.07, 6.45) is 0. The molecule has 2 N–H and O–H groups in total. The molecule has 0 spiro atoms. The van der Waals surface area contributed by atoms with E-state index < -0.39 is 0 Å². The lowest BCUT2D eigenvalue weighted by Gasteiger charge is -2.20. The Bertz CT molecular complexity index is 389. The fourth-order valence-corrected chi connectivity index (χ4v) is 1.63. The first kappa shape index (κ1) is 14.0. The highest BCUT2D eigenvalue weighted by Crippen LogP contribution is 2.17. The van der Waals surface area contributed by atoms with Crippen LogP contribution in [0.15, 0.2) is 18.2 Å². The van der Waals surface area contributed by atoms with E-state index in [0.717, 1.165) is 5.56 Å². The maximum Gasteiger partial charge on any atom is 0.254 e. The number of nitrogens with zero attached hydrogens (tertiary/aromatic N) is 1. The number of hydrogen-bond acceptors (Lipinski definition) is 3. The molecule has 0 heterocycles. The van der Waals surface area contributed by atoms with Gasteiger partial charge in [-0.15, -0.1) is 0 Å². The van der Waals surface area contributed by atoms with Gasteiger partial charge in [0.1, 0.15) is 0 Å². The minimum absolute atomic E-state index is 0.127. The zero-order chi connectivity index (χ0) is 12.8. The molecule has 0 saturated carbocycles. The summed E-state index contributed by atoms with van der Waals surface area (Å²) in [5, 5.41) is 18.3. The van der Waals surface area contributed by atoms with Crippen LogP contribution in [0.2, 0.25) is 5.02 Å². The fraction of sp³-hybridized carbons (Fsp3) is 0.417. The Morgan fingerprint density at radius 2 is 1.88 bits per heavy atom. The van der Waals surface area contributed by atoms with Crippen molar-refractivity contribution in [3.05, 3.63) is 34.3 Å². The Balaban J connectivity index is 2.88. The number of carbonyl (C=O) groups is 1. The molecule has 0 radical (unpaired) electrons. The number of aryl methyl sites for hydroxylation is 1. The zero-order valence-corrected chi connectivity index (χ0v) is 10.4. The molecule has 0 aliphatic rings. The second-order valence-electron chi connectivity index (χ2n) is 3.70.